The standard InChI is InChI=1S/C13H23N3O/c1-10-5-3-4-6-11(10)9-16-13(17)7-12(15-16)8-14-2/h10-11,14H,3-9H2,1-2H3. The first-order valence-corrected chi connectivity index (χ1v) is 6.72. The highest BCUT2D eigenvalue weighted by molar-refractivity contribution is 6.05. The maximum Gasteiger partial charge on any atom is 0.248 e. The van der Waals surface area contributed by atoms with Crippen molar-refractivity contribution >= 4 is 11.6 Å². The summed E-state index contributed by atoms with van der Waals surface area (Å²) in [4.78, 5) is 11.8. The fraction of sp³-hybridized carbons (Fsp3) is 0.846. The van der Waals surface area contributed by atoms with Gasteiger partial charge in [0.25, 0.3) is 0 Å². The second kappa shape index (κ2) is 5.63. The zero-order chi connectivity index (χ0) is 12.3. The summed E-state index contributed by atoms with van der Waals surface area (Å²) < 4.78 is 0. The molecule has 1 amide bonds. The number of hydrogen-bond donors (Lipinski definition) is 1. The quantitative estimate of drug-likeness (QED) is 0.807. The van der Waals surface area contributed by atoms with Gasteiger partial charge in [-0.1, -0.05) is 26.2 Å². The Morgan fingerprint density at radius 1 is 1.41 bits per heavy atom. The Morgan fingerprint density at radius 2 is 2.18 bits per heavy atom. The van der Waals surface area contributed by atoms with Gasteiger partial charge in [0, 0.05) is 13.1 Å². The molecule has 1 saturated carbocycles. The summed E-state index contributed by atoms with van der Waals surface area (Å²) in [5, 5.41) is 9.19. The van der Waals surface area contributed by atoms with Crippen LogP contribution in [-0.4, -0.2) is 36.8 Å². The van der Waals surface area contributed by atoms with E-state index in [-0.39, 0.29) is 5.91 Å². The first-order chi connectivity index (χ1) is 8.20. The fourth-order valence-electron chi connectivity index (χ4n) is 2.86. The molecule has 1 fully saturated rings. The first kappa shape index (κ1) is 12.6. The Morgan fingerprint density at radius 3 is 2.88 bits per heavy atom. The largest absolute Gasteiger partial charge is 0.314 e. The lowest BCUT2D eigenvalue weighted by Gasteiger charge is -2.30. The highest BCUT2D eigenvalue weighted by Gasteiger charge is 2.29. The molecule has 4 nitrogen and oxygen atoms in total. The molecule has 1 aliphatic carbocycles. The number of carbonyl (C=O) groups excluding carboxylic acids is 1. The molecule has 1 heterocycles. The van der Waals surface area contributed by atoms with Gasteiger partial charge in [0.2, 0.25) is 5.91 Å². The molecule has 0 radical (unpaired) electrons. The van der Waals surface area contributed by atoms with Crippen LogP contribution < -0.4 is 5.32 Å². The minimum atomic E-state index is 0.174. The van der Waals surface area contributed by atoms with E-state index < -0.39 is 0 Å². The monoisotopic (exact) mass is 237 g/mol. The average molecular weight is 237 g/mol. The van der Waals surface area contributed by atoms with E-state index in [1.165, 1.54) is 25.7 Å². The molecule has 0 spiro atoms. The Hall–Kier alpha value is -0.900. The molecule has 17 heavy (non-hydrogen) atoms. The molecule has 0 bridgehead atoms. The fourth-order valence-corrected chi connectivity index (χ4v) is 2.86. The van der Waals surface area contributed by atoms with Crippen LogP contribution in [0.15, 0.2) is 5.10 Å². The summed E-state index contributed by atoms with van der Waals surface area (Å²) in [6.45, 7) is 3.86. The zero-order valence-corrected chi connectivity index (χ0v) is 10.9. The lowest BCUT2D eigenvalue weighted by Crippen LogP contribution is -2.32. The number of carbonyl (C=O) groups is 1. The second-order valence-electron chi connectivity index (χ2n) is 5.37. The van der Waals surface area contributed by atoms with Crippen LogP contribution in [0.1, 0.15) is 39.0 Å². The number of hydrogen-bond acceptors (Lipinski definition) is 3. The van der Waals surface area contributed by atoms with Crippen molar-refractivity contribution in [2.45, 2.75) is 39.0 Å². The third-order valence-corrected chi connectivity index (χ3v) is 3.98. The summed E-state index contributed by atoms with van der Waals surface area (Å²) in [6.07, 6.45) is 5.72. The van der Waals surface area contributed by atoms with Gasteiger partial charge in [-0.2, -0.15) is 5.10 Å². The van der Waals surface area contributed by atoms with Crippen LogP contribution in [-0.2, 0) is 4.79 Å². The Balaban J connectivity index is 1.91. The van der Waals surface area contributed by atoms with Crippen LogP contribution in [0.4, 0.5) is 0 Å². The highest BCUT2D eigenvalue weighted by atomic mass is 16.2. The van der Waals surface area contributed by atoms with Crippen molar-refractivity contribution in [2.24, 2.45) is 16.9 Å². The van der Waals surface area contributed by atoms with E-state index in [1.807, 2.05) is 7.05 Å². The van der Waals surface area contributed by atoms with E-state index in [9.17, 15) is 4.79 Å². The normalized spacial score (nSPS) is 29.6. The van der Waals surface area contributed by atoms with Gasteiger partial charge in [-0.3, -0.25) is 4.79 Å². The smallest absolute Gasteiger partial charge is 0.248 e. The van der Waals surface area contributed by atoms with Crippen molar-refractivity contribution in [2.75, 3.05) is 20.1 Å². The summed E-state index contributed by atoms with van der Waals surface area (Å²) in [7, 11) is 1.89. The topological polar surface area (TPSA) is 44.7 Å². The average Bonchev–Trinajstić information content (AvgIpc) is 2.63. The van der Waals surface area contributed by atoms with Crippen LogP contribution >= 0.6 is 0 Å². The first-order valence-electron chi connectivity index (χ1n) is 6.72. The zero-order valence-electron chi connectivity index (χ0n) is 10.9. The SMILES string of the molecule is CNCC1=NN(CC2CCCCC2C)C(=O)C1. The Kier molecular flexibility index (Phi) is 4.15. The van der Waals surface area contributed by atoms with Crippen LogP contribution in [0, 0.1) is 11.8 Å². The second-order valence-corrected chi connectivity index (χ2v) is 5.37. The molecule has 1 aliphatic heterocycles. The van der Waals surface area contributed by atoms with Crippen molar-refractivity contribution in [3.63, 3.8) is 0 Å². The van der Waals surface area contributed by atoms with Crippen molar-refractivity contribution < 1.29 is 4.79 Å². The third kappa shape index (κ3) is 3.06. The predicted molar refractivity (Wildman–Crippen MR) is 68.8 cm³/mol. The number of nitrogens with one attached hydrogen (secondary N) is 1. The predicted octanol–water partition coefficient (Wildman–Crippen LogP) is 1.62. The lowest BCUT2D eigenvalue weighted by molar-refractivity contribution is -0.129. The van der Waals surface area contributed by atoms with Crippen LogP contribution in [0.2, 0.25) is 0 Å². The molecule has 2 unspecified atom stereocenters. The third-order valence-electron chi connectivity index (χ3n) is 3.98. The summed E-state index contributed by atoms with van der Waals surface area (Å²) in [5.41, 5.74) is 0.973. The van der Waals surface area contributed by atoms with Crippen molar-refractivity contribution in [1.29, 1.82) is 0 Å². The van der Waals surface area contributed by atoms with E-state index in [1.54, 1.807) is 5.01 Å². The molecule has 96 valence electrons. The number of rotatable bonds is 4. The van der Waals surface area contributed by atoms with Gasteiger partial charge in [-0.05, 0) is 25.3 Å². The highest BCUT2D eigenvalue weighted by Crippen LogP contribution is 2.30. The van der Waals surface area contributed by atoms with E-state index in [2.05, 4.69) is 17.3 Å². The van der Waals surface area contributed by atoms with Crippen LogP contribution in [0.5, 0.6) is 0 Å². The summed E-state index contributed by atoms with van der Waals surface area (Å²) in [6, 6.07) is 0. The van der Waals surface area contributed by atoms with Crippen molar-refractivity contribution in [3.8, 4) is 0 Å². The molecule has 0 aromatic heterocycles. The minimum Gasteiger partial charge on any atom is -0.314 e. The molecule has 0 aromatic rings. The van der Waals surface area contributed by atoms with E-state index in [4.69, 9.17) is 0 Å². The van der Waals surface area contributed by atoms with Gasteiger partial charge in [-0.15, -0.1) is 0 Å². The minimum absolute atomic E-state index is 0.174. The van der Waals surface area contributed by atoms with Gasteiger partial charge >= 0.3 is 0 Å². The molecule has 1 N–H and O–H groups in total. The van der Waals surface area contributed by atoms with E-state index in [0.717, 1.165) is 24.7 Å². The molecular weight excluding hydrogens is 214 g/mol. The van der Waals surface area contributed by atoms with Gasteiger partial charge in [-0.25, -0.2) is 5.01 Å². The Labute approximate surface area is 103 Å². The number of amides is 1. The number of hydrazone groups is 1. The molecule has 0 aromatic carbocycles. The van der Waals surface area contributed by atoms with Gasteiger partial charge in [0.1, 0.15) is 0 Å². The van der Waals surface area contributed by atoms with Gasteiger partial charge in [0.05, 0.1) is 12.1 Å². The van der Waals surface area contributed by atoms with E-state index in [0.29, 0.717) is 12.3 Å². The molecule has 2 atom stereocenters. The van der Waals surface area contributed by atoms with Crippen molar-refractivity contribution in [1.82, 2.24) is 10.3 Å². The summed E-state index contributed by atoms with van der Waals surface area (Å²) in [5.74, 6) is 1.55. The molecule has 2 aliphatic rings. The van der Waals surface area contributed by atoms with Gasteiger partial charge in [0.15, 0.2) is 0 Å². The lowest BCUT2D eigenvalue weighted by atomic mass is 9.80. The van der Waals surface area contributed by atoms with Crippen LogP contribution in [0.3, 0.4) is 0 Å². The van der Waals surface area contributed by atoms with Gasteiger partial charge < -0.3 is 5.32 Å². The number of nitrogens with zero attached hydrogens (tertiary/aromatic N) is 2. The maximum absolute atomic E-state index is 11.8. The summed E-state index contributed by atoms with van der Waals surface area (Å²) >= 11 is 0. The molecule has 4 heteroatoms. The molecule has 2 rings (SSSR count). The van der Waals surface area contributed by atoms with Crippen molar-refractivity contribution in [3.05, 3.63) is 0 Å². The maximum atomic E-state index is 11.8. The Bertz CT molecular complexity index is 314. The van der Waals surface area contributed by atoms with E-state index >= 15 is 0 Å². The molecular formula is C13H23N3O. The molecule has 0 saturated heterocycles. The van der Waals surface area contributed by atoms with Crippen LogP contribution in [0.25, 0.3) is 0 Å².